The Labute approximate surface area is 154 Å². The molecule has 4 aromatic rings. The lowest BCUT2D eigenvalue weighted by molar-refractivity contribution is 0.589. The Morgan fingerprint density at radius 1 is 0.846 bits per heavy atom. The van der Waals surface area contributed by atoms with Crippen LogP contribution in [-0.4, -0.2) is 15.0 Å². The van der Waals surface area contributed by atoms with Crippen molar-refractivity contribution in [1.82, 2.24) is 15.0 Å². The van der Waals surface area contributed by atoms with Gasteiger partial charge in [-0.15, -0.1) is 5.10 Å². The molecule has 0 saturated heterocycles. The topological polar surface area (TPSA) is 30.7 Å². The molecule has 0 bridgehead atoms. The molecule has 4 rings (SSSR count). The van der Waals surface area contributed by atoms with Crippen LogP contribution >= 0.6 is 0 Å². The highest BCUT2D eigenvalue weighted by Crippen LogP contribution is 2.27. The van der Waals surface area contributed by atoms with Gasteiger partial charge >= 0.3 is 0 Å². The summed E-state index contributed by atoms with van der Waals surface area (Å²) in [4.78, 5) is 0. The van der Waals surface area contributed by atoms with E-state index >= 15 is 0 Å². The van der Waals surface area contributed by atoms with Gasteiger partial charge in [-0.1, -0.05) is 92.7 Å². The van der Waals surface area contributed by atoms with Crippen LogP contribution in [0.4, 0.5) is 0 Å². The molecule has 0 unspecified atom stereocenters. The summed E-state index contributed by atoms with van der Waals surface area (Å²) in [6, 6.07) is 23.5. The zero-order valence-electron chi connectivity index (χ0n) is 15.5. The Hall–Kier alpha value is -2.94. The molecule has 1 heterocycles. The Morgan fingerprint density at radius 3 is 2.35 bits per heavy atom. The lowest BCUT2D eigenvalue weighted by Gasteiger charge is -2.19. The van der Waals surface area contributed by atoms with Crippen LogP contribution < -0.4 is 0 Å². The molecule has 3 heteroatoms. The SMILES string of the molecule is CC(C)(C)c1ccc(Cn2cc(-c3cccc4ccccc34)nn2)cc1. The third kappa shape index (κ3) is 3.25. The van der Waals surface area contributed by atoms with E-state index in [2.05, 4.69) is 97.8 Å². The van der Waals surface area contributed by atoms with E-state index < -0.39 is 0 Å². The largest absolute Gasteiger partial charge is 0.247 e. The van der Waals surface area contributed by atoms with Gasteiger partial charge in [0.15, 0.2) is 0 Å². The molecule has 0 atom stereocenters. The minimum Gasteiger partial charge on any atom is -0.247 e. The van der Waals surface area contributed by atoms with Crippen molar-refractivity contribution in [1.29, 1.82) is 0 Å². The Morgan fingerprint density at radius 2 is 1.58 bits per heavy atom. The summed E-state index contributed by atoms with van der Waals surface area (Å²) in [7, 11) is 0. The van der Waals surface area contributed by atoms with E-state index in [0.717, 1.165) is 17.8 Å². The van der Waals surface area contributed by atoms with Crippen molar-refractivity contribution in [3.05, 3.63) is 84.1 Å². The first-order chi connectivity index (χ1) is 12.5. The fraction of sp³-hybridized carbons (Fsp3) is 0.217. The highest BCUT2D eigenvalue weighted by Gasteiger charge is 2.13. The van der Waals surface area contributed by atoms with Crippen molar-refractivity contribution in [2.75, 3.05) is 0 Å². The molecule has 3 nitrogen and oxygen atoms in total. The second-order valence-electron chi connectivity index (χ2n) is 7.77. The monoisotopic (exact) mass is 341 g/mol. The first-order valence-electron chi connectivity index (χ1n) is 8.98. The molecule has 0 saturated carbocycles. The summed E-state index contributed by atoms with van der Waals surface area (Å²) in [5.74, 6) is 0. The number of hydrogen-bond acceptors (Lipinski definition) is 2. The van der Waals surface area contributed by atoms with Gasteiger partial charge < -0.3 is 0 Å². The molecule has 0 spiro atoms. The summed E-state index contributed by atoms with van der Waals surface area (Å²) in [6.45, 7) is 7.42. The Balaban J connectivity index is 1.60. The molecule has 1 aromatic heterocycles. The molecule has 26 heavy (non-hydrogen) atoms. The van der Waals surface area contributed by atoms with Crippen molar-refractivity contribution < 1.29 is 0 Å². The number of hydrogen-bond donors (Lipinski definition) is 0. The number of rotatable bonds is 3. The fourth-order valence-electron chi connectivity index (χ4n) is 3.25. The number of fused-ring (bicyclic) bond motifs is 1. The molecule has 0 amide bonds. The van der Waals surface area contributed by atoms with Gasteiger partial charge in [0.2, 0.25) is 0 Å². The van der Waals surface area contributed by atoms with Gasteiger partial charge in [0.05, 0.1) is 12.7 Å². The van der Waals surface area contributed by atoms with Crippen molar-refractivity contribution in [2.24, 2.45) is 0 Å². The maximum absolute atomic E-state index is 4.40. The quantitative estimate of drug-likeness (QED) is 0.496. The number of aromatic nitrogens is 3. The van der Waals surface area contributed by atoms with E-state index in [4.69, 9.17) is 0 Å². The summed E-state index contributed by atoms with van der Waals surface area (Å²) >= 11 is 0. The predicted molar refractivity (Wildman–Crippen MR) is 107 cm³/mol. The first kappa shape index (κ1) is 16.5. The van der Waals surface area contributed by atoms with Gasteiger partial charge in [0.25, 0.3) is 0 Å². The Bertz CT molecular complexity index is 1030. The van der Waals surface area contributed by atoms with E-state index in [1.54, 1.807) is 0 Å². The lowest BCUT2D eigenvalue weighted by atomic mass is 9.87. The van der Waals surface area contributed by atoms with Gasteiger partial charge in [-0.25, -0.2) is 4.68 Å². The summed E-state index contributed by atoms with van der Waals surface area (Å²) in [5.41, 5.74) is 4.78. The molecule has 130 valence electrons. The molecule has 0 N–H and O–H groups in total. The average molecular weight is 341 g/mol. The lowest BCUT2D eigenvalue weighted by Crippen LogP contribution is -2.11. The molecule has 0 fully saturated rings. The molecule has 0 radical (unpaired) electrons. The van der Waals surface area contributed by atoms with Crippen LogP contribution in [0.2, 0.25) is 0 Å². The summed E-state index contributed by atoms with van der Waals surface area (Å²) < 4.78 is 1.91. The number of benzene rings is 3. The van der Waals surface area contributed by atoms with E-state index in [1.165, 1.54) is 21.9 Å². The summed E-state index contributed by atoms with van der Waals surface area (Å²) in [6.07, 6.45) is 2.03. The van der Waals surface area contributed by atoms with Crippen molar-refractivity contribution >= 4 is 10.8 Å². The normalized spacial score (nSPS) is 11.8. The van der Waals surface area contributed by atoms with Gasteiger partial charge in [0, 0.05) is 5.56 Å². The van der Waals surface area contributed by atoms with E-state index in [-0.39, 0.29) is 5.41 Å². The van der Waals surface area contributed by atoms with Gasteiger partial charge in [-0.05, 0) is 27.3 Å². The van der Waals surface area contributed by atoms with Crippen molar-refractivity contribution in [3.8, 4) is 11.3 Å². The zero-order valence-corrected chi connectivity index (χ0v) is 15.5. The van der Waals surface area contributed by atoms with E-state index in [1.807, 2.05) is 10.9 Å². The van der Waals surface area contributed by atoms with Crippen LogP contribution in [0.5, 0.6) is 0 Å². The van der Waals surface area contributed by atoms with Crippen LogP contribution in [0.3, 0.4) is 0 Å². The molecule has 3 aromatic carbocycles. The molecule has 0 aliphatic heterocycles. The standard InChI is InChI=1S/C23H23N3/c1-23(2,3)19-13-11-17(12-14-19)15-26-16-22(24-25-26)21-10-6-8-18-7-4-5-9-20(18)21/h4-14,16H,15H2,1-3H3. The van der Waals surface area contributed by atoms with E-state index in [9.17, 15) is 0 Å². The molecule has 0 aliphatic carbocycles. The zero-order chi connectivity index (χ0) is 18.1. The highest BCUT2D eigenvalue weighted by atomic mass is 15.4. The summed E-state index contributed by atoms with van der Waals surface area (Å²) in [5, 5.41) is 11.2. The van der Waals surface area contributed by atoms with Crippen molar-refractivity contribution in [3.63, 3.8) is 0 Å². The van der Waals surface area contributed by atoms with Crippen molar-refractivity contribution in [2.45, 2.75) is 32.7 Å². The fourth-order valence-corrected chi connectivity index (χ4v) is 3.25. The minimum atomic E-state index is 0.174. The molecular formula is C23H23N3. The first-order valence-corrected chi connectivity index (χ1v) is 8.98. The molecule has 0 aliphatic rings. The maximum Gasteiger partial charge on any atom is 0.113 e. The van der Waals surface area contributed by atoms with Crippen LogP contribution in [0.25, 0.3) is 22.0 Å². The van der Waals surface area contributed by atoms with Gasteiger partial charge in [-0.3, -0.25) is 0 Å². The van der Waals surface area contributed by atoms with Crippen LogP contribution in [-0.2, 0) is 12.0 Å². The second-order valence-corrected chi connectivity index (χ2v) is 7.77. The molecular weight excluding hydrogens is 318 g/mol. The highest BCUT2D eigenvalue weighted by molar-refractivity contribution is 5.95. The van der Waals surface area contributed by atoms with Crippen LogP contribution in [0.1, 0.15) is 31.9 Å². The van der Waals surface area contributed by atoms with E-state index in [0.29, 0.717) is 0 Å². The average Bonchev–Trinajstić information content (AvgIpc) is 3.09. The van der Waals surface area contributed by atoms with Gasteiger partial charge in [-0.2, -0.15) is 0 Å². The smallest absolute Gasteiger partial charge is 0.113 e. The second kappa shape index (κ2) is 6.41. The third-order valence-corrected chi connectivity index (χ3v) is 4.77. The van der Waals surface area contributed by atoms with Crippen LogP contribution in [0, 0.1) is 0 Å². The third-order valence-electron chi connectivity index (χ3n) is 4.77. The van der Waals surface area contributed by atoms with Crippen LogP contribution in [0.15, 0.2) is 72.9 Å². The minimum absolute atomic E-state index is 0.174. The Kier molecular flexibility index (Phi) is 4.08. The van der Waals surface area contributed by atoms with Gasteiger partial charge in [0.1, 0.15) is 5.69 Å². The number of nitrogens with zero attached hydrogens (tertiary/aromatic N) is 3. The maximum atomic E-state index is 4.40. The predicted octanol–water partition coefficient (Wildman–Crippen LogP) is 5.44.